The zero-order valence-corrected chi connectivity index (χ0v) is 13.0. The molecule has 1 atom stereocenters. The number of rotatable bonds is 2. The average Bonchev–Trinajstić information content (AvgIpc) is 2.48. The first-order valence-corrected chi connectivity index (χ1v) is 6.72. The standard InChI is InChI=1S/C15H12F4N2O2.ClH/c16-10-8-9(3-4-11(10)23-15(17,18)19)14(20)5-7-22-12-2-1-6-21-13(12)14;/h1-4,6,8H,5,7,20H2;1H. The fraction of sp³-hybridized carbons (Fsp3) is 0.267. The highest BCUT2D eigenvalue weighted by Crippen LogP contribution is 2.39. The van der Waals surface area contributed by atoms with Gasteiger partial charge in [0.05, 0.1) is 12.1 Å². The maximum Gasteiger partial charge on any atom is 0.573 e. The summed E-state index contributed by atoms with van der Waals surface area (Å²) in [5, 5.41) is 0. The molecule has 24 heavy (non-hydrogen) atoms. The SMILES string of the molecule is Cl.NC1(c2ccc(OC(F)(F)F)c(F)c2)CCOc2cccnc21. The van der Waals surface area contributed by atoms with Crippen LogP contribution in [-0.4, -0.2) is 18.0 Å². The third-order valence-corrected chi connectivity index (χ3v) is 3.62. The molecule has 0 fully saturated rings. The summed E-state index contributed by atoms with van der Waals surface area (Å²) >= 11 is 0. The topological polar surface area (TPSA) is 57.4 Å². The molecule has 2 N–H and O–H groups in total. The summed E-state index contributed by atoms with van der Waals surface area (Å²) in [6, 6.07) is 6.50. The second-order valence-corrected chi connectivity index (χ2v) is 5.11. The average molecular weight is 365 g/mol. The Hall–Kier alpha value is -2.06. The van der Waals surface area contributed by atoms with Gasteiger partial charge < -0.3 is 15.2 Å². The molecule has 0 bridgehead atoms. The summed E-state index contributed by atoms with van der Waals surface area (Å²) in [4.78, 5) is 4.18. The molecule has 1 unspecified atom stereocenters. The Labute approximate surface area is 141 Å². The number of hydrogen-bond acceptors (Lipinski definition) is 4. The van der Waals surface area contributed by atoms with Crippen LogP contribution in [0.2, 0.25) is 0 Å². The Morgan fingerprint density at radius 3 is 2.67 bits per heavy atom. The molecule has 0 saturated carbocycles. The molecule has 2 aromatic rings. The molecule has 0 saturated heterocycles. The number of benzene rings is 1. The minimum Gasteiger partial charge on any atom is -0.491 e. The van der Waals surface area contributed by atoms with Gasteiger partial charge in [0.15, 0.2) is 11.6 Å². The van der Waals surface area contributed by atoms with Crippen molar-refractivity contribution in [2.75, 3.05) is 6.61 Å². The first-order chi connectivity index (χ1) is 10.8. The van der Waals surface area contributed by atoms with E-state index in [1.165, 1.54) is 12.3 Å². The number of nitrogens with zero attached hydrogens (tertiary/aromatic N) is 1. The third-order valence-electron chi connectivity index (χ3n) is 3.62. The van der Waals surface area contributed by atoms with Crippen LogP contribution in [0.1, 0.15) is 17.7 Å². The Balaban J connectivity index is 0.00000208. The van der Waals surface area contributed by atoms with Crippen LogP contribution in [0.5, 0.6) is 11.5 Å². The van der Waals surface area contributed by atoms with Gasteiger partial charge in [-0.05, 0) is 29.8 Å². The summed E-state index contributed by atoms with van der Waals surface area (Å²) < 4.78 is 59.6. The molecule has 0 spiro atoms. The van der Waals surface area contributed by atoms with Gasteiger partial charge >= 0.3 is 6.36 Å². The molecule has 1 aliphatic heterocycles. The van der Waals surface area contributed by atoms with E-state index in [1.54, 1.807) is 12.1 Å². The molecule has 9 heteroatoms. The Kier molecular flexibility index (Phi) is 4.91. The van der Waals surface area contributed by atoms with E-state index in [4.69, 9.17) is 10.5 Å². The fourth-order valence-electron chi connectivity index (χ4n) is 2.55. The highest BCUT2D eigenvalue weighted by atomic mass is 35.5. The first-order valence-electron chi connectivity index (χ1n) is 6.72. The molecular formula is C15H13ClF4N2O2. The van der Waals surface area contributed by atoms with Crippen molar-refractivity contribution in [3.05, 3.63) is 53.6 Å². The lowest BCUT2D eigenvalue weighted by atomic mass is 9.82. The van der Waals surface area contributed by atoms with Gasteiger partial charge in [-0.1, -0.05) is 6.07 Å². The second kappa shape index (κ2) is 6.45. The number of pyridine rings is 1. The molecule has 1 aromatic carbocycles. The maximum atomic E-state index is 13.9. The lowest BCUT2D eigenvalue weighted by Crippen LogP contribution is -2.43. The van der Waals surface area contributed by atoms with E-state index >= 15 is 0 Å². The van der Waals surface area contributed by atoms with Gasteiger partial charge in [-0.15, -0.1) is 25.6 Å². The van der Waals surface area contributed by atoms with Gasteiger partial charge in [-0.2, -0.15) is 0 Å². The lowest BCUT2D eigenvalue weighted by molar-refractivity contribution is -0.275. The minimum atomic E-state index is -4.96. The summed E-state index contributed by atoms with van der Waals surface area (Å²) in [5.74, 6) is -1.58. The quantitative estimate of drug-likeness (QED) is 0.828. The van der Waals surface area contributed by atoms with Gasteiger partial charge in [0.25, 0.3) is 0 Å². The largest absolute Gasteiger partial charge is 0.573 e. The van der Waals surface area contributed by atoms with Crippen LogP contribution in [0, 0.1) is 5.82 Å². The van der Waals surface area contributed by atoms with Crippen LogP contribution in [-0.2, 0) is 5.54 Å². The normalized spacial score (nSPS) is 19.7. The van der Waals surface area contributed by atoms with Crippen molar-refractivity contribution in [2.45, 2.75) is 18.3 Å². The zero-order chi connectivity index (χ0) is 16.7. The van der Waals surface area contributed by atoms with Crippen molar-refractivity contribution >= 4 is 12.4 Å². The van der Waals surface area contributed by atoms with Crippen LogP contribution in [0.25, 0.3) is 0 Å². The smallest absolute Gasteiger partial charge is 0.491 e. The van der Waals surface area contributed by atoms with E-state index in [9.17, 15) is 17.6 Å². The van der Waals surface area contributed by atoms with E-state index in [1.807, 2.05) is 0 Å². The minimum absolute atomic E-state index is 0. The molecule has 1 aromatic heterocycles. The summed E-state index contributed by atoms with van der Waals surface area (Å²) in [6.45, 7) is 0.289. The third kappa shape index (κ3) is 3.39. The first kappa shape index (κ1) is 18.3. The number of halogens is 5. The summed E-state index contributed by atoms with van der Waals surface area (Å²) in [7, 11) is 0. The number of aromatic nitrogens is 1. The number of hydrogen-bond donors (Lipinski definition) is 1. The van der Waals surface area contributed by atoms with Crippen molar-refractivity contribution in [2.24, 2.45) is 5.73 Å². The van der Waals surface area contributed by atoms with Crippen LogP contribution >= 0.6 is 12.4 Å². The molecule has 4 nitrogen and oxygen atoms in total. The Morgan fingerprint density at radius 2 is 2.00 bits per heavy atom. The molecule has 0 aliphatic carbocycles. The number of nitrogens with two attached hydrogens (primary N) is 1. The van der Waals surface area contributed by atoms with Crippen molar-refractivity contribution in [3.63, 3.8) is 0 Å². The van der Waals surface area contributed by atoms with Crippen molar-refractivity contribution in [3.8, 4) is 11.5 Å². The molecule has 130 valence electrons. The molecule has 0 amide bonds. The fourth-order valence-corrected chi connectivity index (χ4v) is 2.55. The van der Waals surface area contributed by atoms with Gasteiger partial charge in [0.1, 0.15) is 11.4 Å². The Bertz CT molecular complexity index is 742. The number of fused-ring (bicyclic) bond motifs is 1. The van der Waals surface area contributed by atoms with Crippen LogP contribution in [0.4, 0.5) is 17.6 Å². The van der Waals surface area contributed by atoms with Gasteiger partial charge in [0, 0.05) is 12.6 Å². The van der Waals surface area contributed by atoms with Crippen LogP contribution in [0.15, 0.2) is 36.5 Å². The summed E-state index contributed by atoms with van der Waals surface area (Å²) in [6.07, 6.45) is -3.13. The van der Waals surface area contributed by atoms with Crippen LogP contribution < -0.4 is 15.2 Å². The van der Waals surface area contributed by atoms with E-state index in [0.29, 0.717) is 23.4 Å². The number of ether oxygens (including phenoxy) is 2. The predicted octanol–water partition coefficient (Wildman–Crippen LogP) is 3.53. The van der Waals surface area contributed by atoms with Gasteiger partial charge in [-0.3, -0.25) is 4.98 Å². The van der Waals surface area contributed by atoms with E-state index in [-0.39, 0.29) is 19.0 Å². The van der Waals surface area contributed by atoms with E-state index in [0.717, 1.165) is 12.1 Å². The summed E-state index contributed by atoms with van der Waals surface area (Å²) in [5.41, 5.74) is 5.93. The van der Waals surface area contributed by atoms with Gasteiger partial charge in [-0.25, -0.2) is 4.39 Å². The zero-order valence-electron chi connectivity index (χ0n) is 12.1. The van der Waals surface area contributed by atoms with Crippen molar-refractivity contribution < 1.29 is 27.0 Å². The Morgan fingerprint density at radius 1 is 1.25 bits per heavy atom. The van der Waals surface area contributed by atoms with E-state index < -0.39 is 23.5 Å². The molecule has 3 rings (SSSR count). The molecule has 1 aliphatic rings. The van der Waals surface area contributed by atoms with Crippen molar-refractivity contribution in [1.29, 1.82) is 0 Å². The maximum absolute atomic E-state index is 13.9. The molecule has 2 heterocycles. The molecule has 0 radical (unpaired) electrons. The molecular weight excluding hydrogens is 352 g/mol. The van der Waals surface area contributed by atoms with Gasteiger partial charge in [0.2, 0.25) is 0 Å². The highest BCUT2D eigenvalue weighted by Gasteiger charge is 2.38. The monoisotopic (exact) mass is 364 g/mol. The van der Waals surface area contributed by atoms with Crippen LogP contribution in [0.3, 0.4) is 0 Å². The second-order valence-electron chi connectivity index (χ2n) is 5.11. The van der Waals surface area contributed by atoms with Crippen molar-refractivity contribution in [1.82, 2.24) is 4.98 Å². The predicted molar refractivity (Wildman–Crippen MR) is 79.6 cm³/mol. The lowest BCUT2D eigenvalue weighted by Gasteiger charge is -2.34. The number of alkyl halides is 3. The van der Waals surface area contributed by atoms with E-state index in [2.05, 4.69) is 9.72 Å². The highest BCUT2D eigenvalue weighted by molar-refractivity contribution is 5.85.